The Kier molecular flexibility index (Phi) is 6.55. The molecule has 0 bridgehead atoms. The number of anilines is 1. The monoisotopic (exact) mass is 361 g/mol. The molecule has 0 saturated carbocycles. The molecule has 128 valence electrons. The standard InChI is InChI=1S/C13H19N7O.2ClH/c1-9-7-11(20-13(17-9)15-8-16-20)18-3-5-19(6-4-18)12(21)10(2)14;;/h7-8,10H,3-6,14H2,1-2H3;2*1H/t10-;;/m1../s1. The summed E-state index contributed by atoms with van der Waals surface area (Å²) < 4.78 is 1.73. The van der Waals surface area contributed by atoms with Gasteiger partial charge in [0.15, 0.2) is 0 Å². The van der Waals surface area contributed by atoms with E-state index in [1.54, 1.807) is 11.4 Å². The number of rotatable bonds is 2. The number of amides is 1. The van der Waals surface area contributed by atoms with Crippen LogP contribution in [0.1, 0.15) is 12.6 Å². The highest BCUT2D eigenvalue weighted by atomic mass is 35.5. The number of hydrogen-bond donors (Lipinski definition) is 1. The van der Waals surface area contributed by atoms with Crippen molar-refractivity contribution in [1.29, 1.82) is 0 Å². The third-order valence-corrected chi connectivity index (χ3v) is 3.67. The zero-order chi connectivity index (χ0) is 15.0. The second-order valence-electron chi connectivity index (χ2n) is 5.33. The van der Waals surface area contributed by atoms with Crippen LogP contribution < -0.4 is 10.6 Å². The van der Waals surface area contributed by atoms with Gasteiger partial charge in [-0.15, -0.1) is 24.8 Å². The summed E-state index contributed by atoms with van der Waals surface area (Å²) in [5, 5.41) is 4.22. The molecule has 0 unspecified atom stereocenters. The Bertz CT molecular complexity index is 667. The molecule has 3 heterocycles. The molecule has 23 heavy (non-hydrogen) atoms. The summed E-state index contributed by atoms with van der Waals surface area (Å²) in [6, 6.07) is 1.55. The summed E-state index contributed by atoms with van der Waals surface area (Å²) in [4.78, 5) is 24.4. The maximum atomic E-state index is 11.9. The molecule has 10 heteroatoms. The van der Waals surface area contributed by atoms with Crippen LogP contribution in [0.2, 0.25) is 0 Å². The van der Waals surface area contributed by atoms with Crippen molar-refractivity contribution in [3.05, 3.63) is 18.1 Å². The summed E-state index contributed by atoms with van der Waals surface area (Å²) in [7, 11) is 0. The normalized spacial score (nSPS) is 15.8. The highest BCUT2D eigenvalue weighted by Gasteiger charge is 2.24. The molecule has 1 aliphatic rings. The highest BCUT2D eigenvalue weighted by Crippen LogP contribution is 2.18. The Morgan fingerprint density at radius 1 is 1.26 bits per heavy atom. The van der Waals surface area contributed by atoms with Crippen molar-refractivity contribution in [2.24, 2.45) is 5.73 Å². The number of aryl methyl sites for hydroxylation is 1. The molecule has 1 fully saturated rings. The number of carbonyl (C=O) groups excluding carboxylic acids is 1. The predicted octanol–water partition coefficient (Wildman–Crippen LogP) is 0.272. The van der Waals surface area contributed by atoms with Gasteiger partial charge in [0.05, 0.1) is 6.04 Å². The van der Waals surface area contributed by atoms with Crippen LogP contribution in [0.3, 0.4) is 0 Å². The van der Waals surface area contributed by atoms with Gasteiger partial charge in [0.1, 0.15) is 12.1 Å². The van der Waals surface area contributed by atoms with Crippen LogP contribution in [0.15, 0.2) is 12.4 Å². The lowest BCUT2D eigenvalue weighted by molar-refractivity contribution is -0.132. The van der Waals surface area contributed by atoms with Crippen molar-refractivity contribution in [2.45, 2.75) is 19.9 Å². The number of fused-ring (bicyclic) bond motifs is 1. The molecular weight excluding hydrogens is 341 g/mol. The van der Waals surface area contributed by atoms with Crippen LogP contribution in [0.25, 0.3) is 5.78 Å². The number of halogens is 2. The van der Waals surface area contributed by atoms with E-state index in [2.05, 4.69) is 20.0 Å². The van der Waals surface area contributed by atoms with E-state index in [4.69, 9.17) is 5.73 Å². The fourth-order valence-corrected chi connectivity index (χ4v) is 2.58. The van der Waals surface area contributed by atoms with Gasteiger partial charge in [-0.2, -0.15) is 14.6 Å². The Morgan fingerprint density at radius 2 is 1.91 bits per heavy atom. The molecule has 2 N–H and O–H groups in total. The minimum absolute atomic E-state index is 0. The fourth-order valence-electron chi connectivity index (χ4n) is 2.58. The smallest absolute Gasteiger partial charge is 0.254 e. The van der Waals surface area contributed by atoms with E-state index in [1.165, 1.54) is 6.33 Å². The van der Waals surface area contributed by atoms with Crippen LogP contribution in [-0.4, -0.2) is 62.6 Å². The van der Waals surface area contributed by atoms with Crippen molar-refractivity contribution < 1.29 is 4.79 Å². The van der Waals surface area contributed by atoms with Crippen LogP contribution in [0.4, 0.5) is 5.82 Å². The highest BCUT2D eigenvalue weighted by molar-refractivity contribution is 5.85. The van der Waals surface area contributed by atoms with Crippen LogP contribution in [-0.2, 0) is 4.79 Å². The first-order valence-electron chi connectivity index (χ1n) is 7.03. The molecule has 2 aromatic heterocycles. The van der Waals surface area contributed by atoms with Crippen molar-refractivity contribution in [3.8, 4) is 0 Å². The van der Waals surface area contributed by atoms with E-state index < -0.39 is 6.04 Å². The van der Waals surface area contributed by atoms with Crippen LogP contribution in [0.5, 0.6) is 0 Å². The molecule has 8 nitrogen and oxygen atoms in total. The lowest BCUT2D eigenvalue weighted by atomic mass is 10.2. The van der Waals surface area contributed by atoms with E-state index >= 15 is 0 Å². The van der Waals surface area contributed by atoms with E-state index in [1.807, 2.05) is 17.9 Å². The van der Waals surface area contributed by atoms with E-state index in [-0.39, 0.29) is 30.7 Å². The quantitative estimate of drug-likeness (QED) is 0.825. The molecule has 0 aliphatic carbocycles. The summed E-state index contributed by atoms with van der Waals surface area (Å²) in [5.74, 6) is 1.56. The molecule has 1 aliphatic heterocycles. The zero-order valence-corrected chi connectivity index (χ0v) is 14.7. The Hall–Kier alpha value is -1.64. The number of hydrogen-bond acceptors (Lipinski definition) is 6. The summed E-state index contributed by atoms with van der Waals surface area (Å²) in [6.07, 6.45) is 1.50. The van der Waals surface area contributed by atoms with Crippen molar-refractivity contribution in [2.75, 3.05) is 31.1 Å². The molecule has 0 spiro atoms. The SMILES string of the molecule is Cc1cc(N2CCN(C(=O)[C@@H](C)N)CC2)n2ncnc2n1.Cl.Cl. The topological polar surface area (TPSA) is 92.7 Å². The third kappa shape index (κ3) is 3.82. The van der Waals surface area contributed by atoms with E-state index in [9.17, 15) is 4.79 Å². The molecule has 1 atom stereocenters. The fraction of sp³-hybridized carbons (Fsp3) is 0.538. The van der Waals surface area contributed by atoms with Gasteiger partial charge >= 0.3 is 0 Å². The lowest BCUT2D eigenvalue weighted by Crippen LogP contribution is -2.53. The minimum atomic E-state index is -0.443. The lowest BCUT2D eigenvalue weighted by Gasteiger charge is -2.36. The summed E-state index contributed by atoms with van der Waals surface area (Å²) in [5.41, 5.74) is 6.56. The van der Waals surface area contributed by atoms with E-state index in [0.717, 1.165) is 24.6 Å². The maximum absolute atomic E-state index is 11.9. The maximum Gasteiger partial charge on any atom is 0.254 e. The molecule has 3 rings (SSSR count). The minimum Gasteiger partial charge on any atom is -0.353 e. The number of carbonyl (C=O) groups is 1. The van der Waals surface area contributed by atoms with Crippen molar-refractivity contribution in [3.63, 3.8) is 0 Å². The molecule has 1 amide bonds. The molecule has 2 aromatic rings. The van der Waals surface area contributed by atoms with Gasteiger partial charge in [0.2, 0.25) is 5.91 Å². The van der Waals surface area contributed by atoms with Gasteiger partial charge < -0.3 is 15.5 Å². The largest absolute Gasteiger partial charge is 0.353 e. The first-order valence-corrected chi connectivity index (χ1v) is 7.03. The second kappa shape index (κ2) is 7.76. The second-order valence-corrected chi connectivity index (χ2v) is 5.33. The first-order chi connectivity index (χ1) is 10.1. The molecular formula is C13H21Cl2N7O. The molecule has 1 saturated heterocycles. The number of piperazine rings is 1. The zero-order valence-electron chi connectivity index (χ0n) is 13.0. The number of nitrogens with two attached hydrogens (primary N) is 1. The molecule has 0 radical (unpaired) electrons. The van der Waals surface area contributed by atoms with Gasteiger partial charge in [0, 0.05) is 37.9 Å². The van der Waals surface area contributed by atoms with Gasteiger partial charge in [-0.1, -0.05) is 0 Å². The van der Waals surface area contributed by atoms with Gasteiger partial charge in [-0.05, 0) is 13.8 Å². The summed E-state index contributed by atoms with van der Waals surface area (Å²) >= 11 is 0. The molecule has 0 aromatic carbocycles. The Labute approximate surface area is 146 Å². The van der Waals surface area contributed by atoms with Crippen LogP contribution >= 0.6 is 24.8 Å². The average Bonchev–Trinajstić information content (AvgIpc) is 2.93. The number of aromatic nitrogens is 4. The van der Waals surface area contributed by atoms with Gasteiger partial charge in [-0.25, -0.2) is 4.98 Å². The Balaban J connectivity index is 0.00000132. The van der Waals surface area contributed by atoms with E-state index in [0.29, 0.717) is 18.9 Å². The predicted molar refractivity (Wildman–Crippen MR) is 92.5 cm³/mol. The number of nitrogens with zero attached hydrogens (tertiary/aromatic N) is 6. The first kappa shape index (κ1) is 19.4. The van der Waals surface area contributed by atoms with Crippen molar-refractivity contribution in [1.82, 2.24) is 24.5 Å². The third-order valence-electron chi connectivity index (χ3n) is 3.67. The van der Waals surface area contributed by atoms with Crippen molar-refractivity contribution >= 4 is 42.3 Å². The van der Waals surface area contributed by atoms with Gasteiger partial charge in [-0.3, -0.25) is 4.79 Å². The Morgan fingerprint density at radius 3 is 2.52 bits per heavy atom. The van der Waals surface area contributed by atoms with Gasteiger partial charge in [0.25, 0.3) is 5.78 Å². The summed E-state index contributed by atoms with van der Waals surface area (Å²) in [6.45, 7) is 6.48. The average molecular weight is 362 g/mol. The van der Waals surface area contributed by atoms with Crippen LogP contribution in [0, 0.1) is 6.92 Å².